The van der Waals surface area contributed by atoms with E-state index in [0.717, 1.165) is 39.3 Å². The highest BCUT2D eigenvalue weighted by Gasteiger charge is 2.15. The number of nitrogens with zero attached hydrogens (tertiary/aromatic N) is 1. The molecule has 0 saturated carbocycles. The Morgan fingerprint density at radius 1 is 1.06 bits per heavy atom. The Balaban J connectivity index is 1.43. The Bertz CT molecular complexity index is 992. The molecule has 0 radical (unpaired) electrons. The molecule has 0 aliphatic carbocycles. The maximum Gasteiger partial charge on any atom is 0.261 e. The molecule has 2 aromatic rings. The lowest BCUT2D eigenvalue weighted by atomic mass is 10.3. The molecule has 2 aromatic carbocycles. The standard InChI is InChI=1S/C21H25Cl2N3O5S/c22-16-12-17(23)14-18(13-16)25-32(28,29)20-4-2-19(3-5-20)31-15-21(27)24-6-1-7-26-8-10-30-11-9-26/h2-5,12-14,25H,1,6-11,15H2,(H,24,27). The number of carbonyl (C=O) groups excluding carboxylic acids is 1. The van der Waals surface area contributed by atoms with E-state index in [1.807, 2.05) is 0 Å². The van der Waals surface area contributed by atoms with Gasteiger partial charge in [-0.15, -0.1) is 0 Å². The number of carbonyl (C=O) groups is 1. The molecule has 0 unspecified atom stereocenters. The normalized spacial score (nSPS) is 14.7. The summed E-state index contributed by atoms with van der Waals surface area (Å²) in [5, 5.41) is 3.45. The van der Waals surface area contributed by atoms with Gasteiger partial charge in [-0.05, 0) is 55.4 Å². The molecule has 0 spiro atoms. The number of anilines is 1. The molecule has 1 amide bonds. The van der Waals surface area contributed by atoms with Gasteiger partial charge in [-0.3, -0.25) is 14.4 Å². The van der Waals surface area contributed by atoms with Gasteiger partial charge in [0.25, 0.3) is 15.9 Å². The summed E-state index contributed by atoms with van der Waals surface area (Å²) in [4.78, 5) is 14.3. The fourth-order valence-electron chi connectivity index (χ4n) is 3.10. The van der Waals surface area contributed by atoms with Crippen LogP contribution in [-0.4, -0.2) is 65.2 Å². The number of rotatable bonds is 10. The van der Waals surface area contributed by atoms with Gasteiger partial charge >= 0.3 is 0 Å². The minimum absolute atomic E-state index is 0.0357. The third-order valence-corrected chi connectivity index (χ3v) is 6.53. The van der Waals surface area contributed by atoms with Crippen molar-refractivity contribution in [2.75, 3.05) is 50.7 Å². The predicted octanol–water partition coefficient (Wildman–Crippen LogP) is 3.01. The first-order valence-electron chi connectivity index (χ1n) is 10.1. The number of hydrogen-bond acceptors (Lipinski definition) is 6. The molecule has 1 aliphatic heterocycles. The van der Waals surface area contributed by atoms with Gasteiger partial charge in [-0.2, -0.15) is 0 Å². The van der Waals surface area contributed by atoms with Gasteiger partial charge in [0.05, 0.1) is 23.8 Å². The maximum atomic E-state index is 12.6. The lowest BCUT2D eigenvalue weighted by Gasteiger charge is -2.26. The van der Waals surface area contributed by atoms with Crippen LogP contribution in [0, 0.1) is 0 Å². The van der Waals surface area contributed by atoms with Crippen LogP contribution in [0.2, 0.25) is 10.0 Å². The van der Waals surface area contributed by atoms with Crippen molar-refractivity contribution in [3.05, 3.63) is 52.5 Å². The summed E-state index contributed by atoms with van der Waals surface area (Å²) in [6.45, 7) is 4.68. The number of sulfonamides is 1. The Morgan fingerprint density at radius 2 is 1.72 bits per heavy atom. The minimum atomic E-state index is -3.83. The first-order valence-corrected chi connectivity index (χ1v) is 12.3. The van der Waals surface area contributed by atoms with Crippen molar-refractivity contribution in [1.82, 2.24) is 10.2 Å². The first-order chi connectivity index (χ1) is 15.3. The average Bonchev–Trinajstić information content (AvgIpc) is 2.75. The van der Waals surface area contributed by atoms with Crippen molar-refractivity contribution < 1.29 is 22.7 Å². The van der Waals surface area contributed by atoms with Gasteiger partial charge in [0, 0.05) is 29.7 Å². The van der Waals surface area contributed by atoms with Crippen LogP contribution in [0.4, 0.5) is 5.69 Å². The third-order valence-electron chi connectivity index (χ3n) is 4.70. The highest BCUT2D eigenvalue weighted by Crippen LogP contribution is 2.25. The number of nitrogens with one attached hydrogen (secondary N) is 2. The molecule has 1 heterocycles. The van der Waals surface area contributed by atoms with E-state index in [2.05, 4.69) is 14.9 Å². The lowest BCUT2D eigenvalue weighted by molar-refractivity contribution is -0.123. The van der Waals surface area contributed by atoms with Crippen LogP contribution in [0.1, 0.15) is 6.42 Å². The van der Waals surface area contributed by atoms with Gasteiger partial charge in [0.1, 0.15) is 5.75 Å². The number of ether oxygens (including phenoxy) is 2. The van der Waals surface area contributed by atoms with Gasteiger partial charge in [0.15, 0.2) is 6.61 Å². The predicted molar refractivity (Wildman–Crippen MR) is 124 cm³/mol. The van der Waals surface area contributed by atoms with Crippen molar-refractivity contribution in [2.45, 2.75) is 11.3 Å². The number of amides is 1. The van der Waals surface area contributed by atoms with E-state index in [9.17, 15) is 13.2 Å². The van der Waals surface area contributed by atoms with Crippen LogP contribution >= 0.6 is 23.2 Å². The summed E-state index contributed by atoms with van der Waals surface area (Å²) in [6.07, 6.45) is 0.850. The van der Waals surface area contributed by atoms with Crippen molar-refractivity contribution in [3.8, 4) is 5.75 Å². The molecular formula is C21H25Cl2N3O5S. The van der Waals surface area contributed by atoms with Crippen LogP contribution in [0.25, 0.3) is 0 Å². The van der Waals surface area contributed by atoms with Crippen molar-refractivity contribution in [3.63, 3.8) is 0 Å². The molecule has 1 aliphatic rings. The highest BCUT2D eigenvalue weighted by atomic mass is 35.5. The number of halogens is 2. The molecule has 174 valence electrons. The zero-order valence-corrected chi connectivity index (χ0v) is 19.7. The Labute approximate surface area is 197 Å². The first kappa shape index (κ1) is 24.6. The molecule has 0 bridgehead atoms. The number of benzene rings is 2. The zero-order chi connectivity index (χ0) is 23.0. The Morgan fingerprint density at radius 3 is 2.38 bits per heavy atom. The van der Waals surface area contributed by atoms with Gasteiger partial charge in [0.2, 0.25) is 0 Å². The van der Waals surface area contributed by atoms with E-state index in [1.165, 1.54) is 42.5 Å². The van der Waals surface area contributed by atoms with E-state index in [1.54, 1.807) is 0 Å². The molecule has 0 atom stereocenters. The monoisotopic (exact) mass is 501 g/mol. The van der Waals surface area contributed by atoms with Crippen LogP contribution in [0.5, 0.6) is 5.75 Å². The summed E-state index contributed by atoms with van der Waals surface area (Å²) < 4.78 is 38.3. The second-order valence-corrected chi connectivity index (χ2v) is 9.74. The number of morpholine rings is 1. The van der Waals surface area contributed by atoms with Gasteiger partial charge in [-0.25, -0.2) is 8.42 Å². The van der Waals surface area contributed by atoms with E-state index >= 15 is 0 Å². The molecule has 32 heavy (non-hydrogen) atoms. The molecule has 3 rings (SSSR count). The Hall–Kier alpha value is -2.04. The number of hydrogen-bond donors (Lipinski definition) is 2. The summed E-state index contributed by atoms with van der Waals surface area (Å²) in [7, 11) is -3.83. The van der Waals surface area contributed by atoms with Crippen molar-refractivity contribution in [2.24, 2.45) is 0 Å². The molecule has 1 saturated heterocycles. The highest BCUT2D eigenvalue weighted by molar-refractivity contribution is 7.92. The second-order valence-electron chi connectivity index (χ2n) is 7.18. The smallest absolute Gasteiger partial charge is 0.261 e. The van der Waals surface area contributed by atoms with Gasteiger partial charge in [-0.1, -0.05) is 23.2 Å². The van der Waals surface area contributed by atoms with E-state index in [0.29, 0.717) is 22.3 Å². The van der Waals surface area contributed by atoms with E-state index < -0.39 is 10.0 Å². The largest absolute Gasteiger partial charge is 0.484 e. The van der Waals surface area contributed by atoms with E-state index in [-0.39, 0.29) is 23.1 Å². The van der Waals surface area contributed by atoms with Gasteiger partial charge < -0.3 is 14.8 Å². The Kier molecular flexibility index (Phi) is 9.01. The van der Waals surface area contributed by atoms with Crippen LogP contribution in [-0.2, 0) is 19.6 Å². The third kappa shape index (κ3) is 7.83. The average molecular weight is 502 g/mol. The second kappa shape index (κ2) is 11.7. The summed E-state index contributed by atoms with van der Waals surface area (Å²) in [5.74, 6) is 0.154. The lowest BCUT2D eigenvalue weighted by Crippen LogP contribution is -2.38. The summed E-state index contributed by atoms with van der Waals surface area (Å²) in [6, 6.07) is 10.2. The van der Waals surface area contributed by atoms with E-state index in [4.69, 9.17) is 32.7 Å². The van der Waals surface area contributed by atoms with Crippen molar-refractivity contribution >= 4 is 44.8 Å². The van der Waals surface area contributed by atoms with Crippen LogP contribution < -0.4 is 14.8 Å². The zero-order valence-electron chi connectivity index (χ0n) is 17.4. The van der Waals surface area contributed by atoms with Crippen molar-refractivity contribution in [1.29, 1.82) is 0 Å². The summed E-state index contributed by atoms with van der Waals surface area (Å²) in [5.41, 5.74) is 0.258. The van der Waals surface area contributed by atoms with Crippen LogP contribution in [0.3, 0.4) is 0 Å². The molecular weight excluding hydrogens is 477 g/mol. The fraction of sp³-hybridized carbons (Fsp3) is 0.381. The summed E-state index contributed by atoms with van der Waals surface area (Å²) >= 11 is 11.8. The van der Waals surface area contributed by atoms with Crippen LogP contribution in [0.15, 0.2) is 47.4 Å². The molecule has 2 N–H and O–H groups in total. The molecule has 11 heteroatoms. The fourth-order valence-corrected chi connectivity index (χ4v) is 4.66. The SMILES string of the molecule is O=C(COc1ccc(S(=O)(=O)Nc2cc(Cl)cc(Cl)c2)cc1)NCCCN1CCOCC1. The topological polar surface area (TPSA) is 97.0 Å². The molecule has 0 aromatic heterocycles. The maximum absolute atomic E-state index is 12.6. The molecule has 8 nitrogen and oxygen atoms in total. The minimum Gasteiger partial charge on any atom is -0.484 e. The quantitative estimate of drug-likeness (QED) is 0.485. The molecule has 1 fully saturated rings.